The highest BCUT2D eigenvalue weighted by Gasteiger charge is 2.35. The van der Waals surface area contributed by atoms with E-state index in [1.54, 1.807) is 31.3 Å². The number of hydrogen-bond donors (Lipinski definition) is 2. The number of benzene rings is 3. The van der Waals surface area contributed by atoms with Crippen LogP contribution in [0.1, 0.15) is 5.56 Å². The van der Waals surface area contributed by atoms with Crippen molar-refractivity contribution in [2.24, 2.45) is 4.99 Å². The predicted molar refractivity (Wildman–Crippen MR) is 155 cm³/mol. The third-order valence-electron chi connectivity index (χ3n) is 6.88. The summed E-state index contributed by atoms with van der Waals surface area (Å²) in [4.78, 5) is 50.3. The molecule has 5 rings (SSSR count). The van der Waals surface area contributed by atoms with Gasteiger partial charge in [0, 0.05) is 43.6 Å². The van der Waals surface area contributed by atoms with Crippen LogP contribution in [0.5, 0.6) is 0 Å². The average Bonchev–Trinajstić information content (AvgIpc) is 3.09. The number of carbonyl (C=O) groups excluding carboxylic acids is 3. The van der Waals surface area contributed by atoms with Crippen LogP contribution < -0.4 is 20.4 Å². The summed E-state index contributed by atoms with van der Waals surface area (Å²) in [6.45, 7) is 2.93. The summed E-state index contributed by atoms with van der Waals surface area (Å²) < 4.78 is 5.50. The minimum absolute atomic E-state index is 0.222. The number of para-hydroxylation sites is 3. The van der Waals surface area contributed by atoms with E-state index in [4.69, 9.17) is 9.73 Å². The van der Waals surface area contributed by atoms with E-state index in [0.29, 0.717) is 42.5 Å². The molecule has 0 spiro atoms. The van der Waals surface area contributed by atoms with Crippen molar-refractivity contribution in [1.29, 1.82) is 0 Å². The van der Waals surface area contributed by atoms with Crippen LogP contribution in [0.25, 0.3) is 0 Å². The van der Waals surface area contributed by atoms with Crippen LogP contribution in [0.4, 0.5) is 21.9 Å². The van der Waals surface area contributed by atoms with E-state index in [2.05, 4.69) is 15.5 Å². The van der Waals surface area contributed by atoms with Gasteiger partial charge in [0.25, 0.3) is 5.91 Å². The molecule has 0 saturated carbocycles. The fraction of sp³-hybridized carbons (Fsp3) is 0.267. The van der Waals surface area contributed by atoms with Gasteiger partial charge in [0.1, 0.15) is 6.54 Å². The first kappa shape index (κ1) is 27.0. The van der Waals surface area contributed by atoms with Gasteiger partial charge in [0.15, 0.2) is 0 Å². The number of ether oxygens (including phenoxy) is 1. The zero-order valence-electron chi connectivity index (χ0n) is 22.3. The third kappa shape index (κ3) is 6.36. The highest BCUT2D eigenvalue weighted by atomic mass is 16.5. The van der Waals surface area contributed by atoms with Crippen molar-refractivity contribution in [3.8, 4) is 0 Å². The van der Waals surface area contributed by atoms with Gasteiger partial charge in [-0.3, -0.25) is 24.4 Å². The predicted octanol–water partition coefficient (Wildman–Crippen LogP) is 2.97. The van der Waals surface area contributed by atoms with Gasteiger partial charge >= 0.3 is 6.03 Å². The monoisotopic (exact) mass is 540 g/mol. The summed E-state index contributed by atoms with van der Waals surface area (Å²) >= 11 is 0. The number of benzodiazepines with no additional fused rings is 1. The Morgan fingerprint density at radius 3 is 2.33 bits per heavy atom. The minimum atomic E-state index is -1.23. The highest BCUT2D eigenvalue weighted by Crippen LogP contribution is 2.27. The Hall–Kier alpha value is -4.54. The number of likely N-dealkylation sites (N-methyl/N-ethyl adjacent to an activating group) is 1. The number of anilines is 3. The fourth-order valence-corrected chi connectivity index (χ4v) is 4.70. The lowest BCUT2D eigenvalue weighted by Crippen LogP contribution is -2.51. The summed E-state index contributed by atoms with van der Waals surface area (Å²) in [6, 6.07) is 25.0. The average molecular weight is 541 g/mol. The zero-order chi connectivity index (χ0) is 27.9. The van der Waals surface area contributed by atoms with Crippen molar-refractivity contribution >= 4 is 40.6 Å². The molecule has 206 valence electrons. The largest absolute Gasteiger partial charge is 0.379 e. The molecule has 2 aliphatic rings. The number of hydrogen-bond acceptors (Lipinski definition) is 6. The van der Waals surface area contributed by atoms with Crippen molar-refractivity contribution < 1.29 is 19.1 Å². The van der Waals surface area contributed by atoms with Crippen LogP contribution in [0.2, 0.25) is 0 Å². The van der Waals surface area contributed by atoms with Crippen molar-refractivity contribution in [1.82, 2.24) is 10.2 Å². The molecule has 0 bridgehead atoms. The number of morpholine rings is 1. The summed E-state index contributed by atoms with van der Waals surface area (Å²) in [6.07, 6.45) is -1.23. The number of aliphatic imine (C=N–C) groups is 1. The van der Waals surface area contributed by atoms with Crippen LogP contribution in [0, 0.1) is 0 Å². The Balaban J connectivity index is 1.46. The standard InChI is InChI=1S/C30H32N6O4/c1-34(23-12-6-3-7-13-23)27(37)21-36-26-15-9-8-14-24(26)25(20-35-16-18-40-19-17-35)32-28(29(36)38)33-30(39)31-22-10-4-2-5-11-22/h2-15,28H,16-21H2,1H3,(H2,31,33,39). The maximum atomic E-state index is 14.0. The van der Waals surface area contributed by atoms with E-state index >= 15 is 0 Å². The topological polar surface area (TPSA) is 107 Å². The second-order valence-corrected chi connectivity index (χ2v) is 9.56. The fourth-order valence-electron chi connectivity index (χ4n) is 4.70. The Morgan fingerprint density at radius 1 is 0.950 bits per heavy atom. The van der Waals surface area contributed by atoms with Gasteiger partial charge in [-0.1, -0.05) is 54.6 Å². The van der Waals surface area contributed by atoms with Crippen LogP contribution in [0.3, 0.4) is 0 Å². The molecule has 2 N–H and O–H groups in total. The molecule has 3 aromatic carbocycles. The van der Waals surface area contributed by atoms with E-state index in [1.807, 2.05) is 60.7 Å². The van der Waals surface area contributed by atoms with Crippen molar-refractivity contribution in [2.75, 3.05) is 61.6 Å². The molecule has 3 aromatic rings. The molecule has 0 aromatic heterocycles. The number of amides is 4. The molecule has 4 amide bonds. The molecule has 1 saturated heterocycles. The first-order chi connectivity index (χ1) is 19.5. The van der Waals surface area contributed by atoms with Gasteiger partial charge in [-0.05, 0) is 30.3 Å². The minimum Gasteiger partial charge on any atom is -0.379 e. The van der Waals surface area contributed by atoms with Crippen LogP contribution in [-0.4, -0.2) is 81.1 Å². The number of carbonyl (C=O) groups is 3. The molecule has 0 radical (unpaired) electrons. The van der Waals surface area contributed by atoms with E-state index in [9.17, 15) is 14.4 Å². The molecular formula is C30H32N6O4. The van der Waals surface area contributed by atoms with E-state index in [-0.39, 0.29) is 12.5 Å². The molecule has 0 aliphatic carbocycles. The van der Waals surface area contributed by atoms with E-state index < -0.39 is 18.1 Å². The molecule has 1 atom stereocenters. The summed E-state index contributed by atoms with van der Waals surface area (Å²) in [7, 11) is 1.68. The Morgan fingerprint density at radius 2 is 1.60 bits per heavy atom. The molecule has 1 fully saturated rings. The lowest BCUT2D eigenvalue weighted by atomic mass is 10.1. The van der Waals surface area contributed by atoms with Crippen molar-refractivity contribution in [2.45, 2.75) is 6.17 Å². The quantitative estimate of drug-likeness (QED) is 0.479. The van der Waals surface area contributed by atoms with Gasteiger partial charge in [0.2, 0.25) is 12.1 Å². The normalized spacial score (nSPS) is 17.3. The number of fused-ring (bicyclic) bond motifs is 1. The first-order valence-electron chi connectivity index (χ1n) is 13.2. The highest BCUT2D eigenvalue weighted by molar-refractivity contribution is 6.16. The molecule has 40 heavy (non-hydrogen) atoms. The first-order valence-corrected chi connectivity index (χ1v) is 13.2. The summed E-state index contributed by atoms with van der Waals surface area (Å²) in [5, 5.41) is 5.48. The molecule has 2 heterocycles. The smallest absolute Gasteiger partial charge is 0.321 e. The summed E-state index contributed by atoms with van der Waals surface area (Å²) in [5.41, 5.74) is 3.26. The SMILES string of the molecule is CN(C(=O)CN1C(=O)C(NC(=O)Nc2ccccc2)N=C(CN2CCOCC2)c2ccccc21)c1ccccc1. The molecule has 10 heteroatoms. The van der Waals surface area contributed by atoms with Gasteiger partial charge in [-0.25, -0.2) is 4.79 Å². The van der Waals surface area contributed by atoms with Crippen molar-refractivity contribution in [3.05, 3.63) is 90.5 Å². The number of nitrogens with one attached hydrogen (secondary N) is 2. The van der Waals surface area contributed by atoms with E-state index in [1.165, 1.54) is 9.80 Å². The molecule has 2 aliphatic heterocycles. The van der Waals surface area contributed by atoms with E-state index in [0.717, 1.165) is 18.7 Å². The Kier molecular flexibility index (Phi) is 8.48. The molecular weight excluding hydrogens is 508 g/mol. The lowest BCUT2D eigenvalue weighted by molar-refractivity contribution is -0.123. The van der Waals surface area contributed by atoms with Gasteiger partial charge in [0.05, 0.1) is 24.6 Å². The summed E-state index contributed by atoms with van der Waals surface area (Å²) in [5.74, 6) is -0.777. The molecule has 1 unspecified atom stereocenters. The van der Waals surface area contributed by atoms with Gasteiger partial charge in [-0.2, -0.15) is 0 Å². The number of nitrogens with zero attached hydrogens (tertiary/aromatic N) is 4. The number of rotatable bonds is 7. The second kappa shape index (κ2) is 12.5. The lowest BCUT2D eigenvalue weighted by Gasteiger charge is -2.28. The van der Waals surface area contributed by atoms with Crippen molar-refractivity contribution in [3.63, 3.8) is 0 Å². The van der Waals surface area contributed by atoms with Crippen LogP contribution in [0.15, 0.2) is 89.9 Å². The van der Waals surface area contributed by atoms with Crippen LogP contribution >= 0.6 is 0 Å². The van der Waals surface area contributed by atoms with Gasteiger partial charge in [-0.15, -0.1) is 0 Å². The zero-order valence-corrected chi connectivity index (χ0v) is 22.3. The Labute approximate surface area is 233 Å². The maximum absolute atomic E-state index is 14.0. The second-order valence-electron chi connectivity index (χ2n) is 9.56. The molecule has 10 nitrogen and oxygen atoms in total. The van der Waals surface area contributed by atoms with Crippen LogP contribution in [-0.2, 0) is 14.3 Å². The van der Waals surface area contributed by atoms with Gasteiger partial charge < -0.3 is 20.3 Å². The maximum Gasteiger partial charge on any atom is 0.321 e. The Bertz CT molecular complexity index is 1380. The number of urea groups is 1. The third-order valence-corrected chi connectivity index (χ3v) is 6.88.